The molecule has 164 valence electrons. The lowest BCUT2D eigenvalue weighted by Gasteiger charge is -2.32. The number of hydrogen-bond acceptors (Lipinski definition) is 6. The number of rotatable bonds is 9. The van der Waals surface area contributed by atoms with Gasteiger partial charge < -0.3 is 20.6 Å². The molecule has 0 aliphatic carbocycles. The number of nitrogens with one attached hydrogen (secondary N) is 1. The number of hydrogen-bond donors (Lipinski definition) is 3. The highest BCUT2D eigenvalue weighted by molar-refractivity contribution is 7.89. The van der Waals surface area contributed by atoms with E-state index in [2.05, 4.69) is 4.72 Å². The second kappa shape index (κ2) is 9.53. The lowest BCUT2D eigenvalue weighted by molar-refractivity contribution is -0.152. The molecule has 4 N–H and O–H groups in total. The summed E-state index contributed by atoms with van der Waals surface area (Å²) in [6.07, 6.45) is 1.53. The second-order valence-electron chi connectivity index (χ2n) is 7.30. The van der Waals surface area contributed by atoms with Crippen molar-refractivity contribution in [2.45, 2.75) is 63.6 Å². The van der Waals surface area contributed by atoms with Crippen LogP contribution in [0.4, 0.5) is 0 Å². The molecule has 12 heteroatoms. The zero-order chi connectivity index (χ0) is 21.8. The van der Waals surface area contributed by atoms with E-state index in [1.807, 2.05) is 0 Å². The van der Waals surface area contributed by atoms with Gasteiger partial charge in [0.05, 0.1) is 5.75 Å². The Hall–Kier alpha value is -2.21. The van der Waals surface area contributed by atoms with E-state index in [4.69, 9.17) is 5.73 Å². The number of amides is 3. The number of nitrogens with two attached hydrogens (primary N) is 1. The molecule has 0 aromatic carbocycles. The first kappa shape index (κ1) is 23.1. The van der Waals surface area contributed by atoms with Crippen molar-refractivity contribution in [2.24, 2.45) is 5.73 Å². The van der Waals surface area contributed by atoms with Gasteiger partial charge >= 0.3 is 5.97 Å². The fraction of sp³-hybridized carbons (Fsp3) is 0.765. The van der Waals surface area contributed by atoms with Crippen molar-refractivity contribution in [2.75, 3.05) is 18.8 Å². The summed E-state index contributed by atoms with van der Waals surface area (Å²) < 4.78 is 26.2. The number of sulfonamides is 1. The van der Waals surface area contributed by atoms with Crippen LogP contribution in [0, 0.1) is 0 Å². The fourth-order valence-corrected chi connectivity index (χ4v) is 4.60. The van der Waals surface area contributed by atoms with Gasteiger partial charge in [0.15, 0.2) is 0 Å². The molecule has 0 radical (unpaired) electrons. The molecule has 0 aromatic rings. The summed E-state index contributed by atoms with van der Waals surface area (Å²) in [5.74, 6) is -3.04. The van der Waals surface area contributed by atoms with Gasteiger partial charge in [-0.05, 0) is 39.0 Å². The van der Waals surface area contributed by atoms with E-state index in [1.165, 1.54) is 16.7 Å². The maximum atomic E-state index is 13.1. The van der Waals surface area contributed by atoms with Gasteiger partial charge in [-0.25, -0.2) is 17.9 Å². The summed E-state index contributed by atoms with van der Waals surface area (Å²) in [5, 5.41) is 9.32. The van der Waals surface area contributed by atoms with Crippen LogP contribution < -0.4 is 10.5 Å². The number of likely N-dealkylation sites (tertiary alicyclic amines) is 2. The molecule has 2 heterocycles. The predicted octanol–water partition coefficient (Wildman–Crippen LogP) is -1.37. The van der Waals surface area contributed by atoms with Crippen LogP contribution in [0.3, 0.4) is 0 Å². The smallest absolute Gasteiger partial charge is 0.326 e. The largest absolute Gasteiger partial charge is 0.480 e. The van der Waals surface area contributed by atoms with E-state index in [0.29, 0.717) is 32.2 Å². The van der Waals surface area contributed by atoms with E-state index in [0.717, 1.165) is 0 Å². The number of primary amides is 1. The maximum absolute atomic E-state index is 13.1. The molecular formula is C17H28N4O7S. The summed E-state index contributed by atoms with van der Waals surface area (Å²) in [4.78, 5) is 51.1. The van der Waals surface area contributed by atoms with Crippen LogP contribution in [0.5, 0.6) is 0 Å². The highest BCUT2D eigenvalue weighted by Crippen LogP contribution is 2.26. The zero-order valence-electron chi connectivity index (χ0n) is 16.4. The van der Waals surface area contributed by atoms with Crippen molar-refractivity contribution in [3.05, 3.63) is 0 Å². The summed E-state index contributed by atoms with van der Waals surface area (Å²) in [6.45, 7) is 1.98. The summed E-state index contributed by atoms with van der Waals surface area (Å²) in [7, 11) is -3.74. The lowest BCUT2D eigenvalue weighted by atomic mass is 10.1. The topological polar surface area (TPSA) is 167 Å². The van der Waals surface area contributed by atoms with Crippen molar-refractivity contribution in [3.63, 3.8) is 0 Å². The number of aliphatic carboxylic acids is 1. The molecule has 29 heavy (non-hydrogen) atoms. The van der Waals surface area contributed by atoms with Crippen molar-refractivity contribution in [3.8, 4) is 0 Å². The van der Waals surface area contributed by atoms with Gasteiger partial charge in [-0.3, -0.25) is 14.4 Å². The summed E-state index contributed by atoms with van der Waals surface area (Å²) in [6, 6.07) is -2.97. The molecule has 2 rings (SSSR count). The van der Waals surface area contributed by atoms with E-state index in [1.54, 1.807) is 0 Å². The van der Waals surface area contributed by atoms with Crippen LogP contribution in [-0.4, -0.2) is 84.0 Å². The molecule has 0 aromatic heterocycles. The Labute approximate surface area is 169 Å². The Kier molecular flexibility index (Phi) is 7.58. The third kappa shape index (κ3) is 5.66. The number of carboxylic acids is 1. The van der Waals surface area contributed by atoms with Gasteiger partial charge in [0.1, 0.15) is 18.1 Å². The fourth-order valence-electron chi connectivity index (χ4n) is 3.79. The molecule has 0 bridgehead atoms. The van der Waals surface area contributed by atoms with E-state index >= 15 is 0 Å². The Bertz CT molecular complexity index is 770. The summed E-state index contributed by atoms with van der Waals surface area (Å²) >= 11 is 0. The minimum atomic E-state index is -3.74. The molecule has 2 saturated heterocycles. The highest BCUT2D eigenvalue weighted by atomic mass is 32.2. The number of carboxylic acid groups (broad SMARTS) is 1. The standard InChI is InChI=1S/C17H28N4O7S/c1-2-29(27,28)19-11(7-8-14(18)22)15(23)20-9-3-5-12(20)16(24)21-10-4-6-13(21)17(25)26/h11-13,19H,2-10H2,1H3,(H2,18,22)(H,25,26)/t11-,12-,13-/m0/s1. The van der Waals surface area contributed by atoms with Crippen molar-refractivity contribution < 1.29 is 32.7 Å². The van der Waals surface area contributed by atoms with Crippen molar-refractivity contribution >= 4 is 33.7 Å². The molecule has 2 aliphatic heterocycles. The average molecular weight is 432 g/mol. The minimum absolute atomic E-state index is 0.119. The minimum Gasteiger partial charge on any atom is -0.480 e. The molecule has 0 spiro atoms. The van der Waals surface area contributed by atoms with Crippen LogP contribution in [0.15, 0.2) is 0 Å². The first-order valence-electron chi connectivity index (χ1n) is 9.69. The first-order chi connectivity index (χ1) is 13.6. The van der Waals surface area contributed by atoms with Crippen LogP contribution in [0.2, 0.25) is 0 Å². The van der Waals surface area contributed by atoms with Gasteiger partial charge in [0.2, 0.25) is 27.7 Å². The maximum Gasteiger partial charge on any atom is 0.326 e. The van der Waals surface area contributed by atoms with Crippen molar-refractivity contribution in [1.29, 1.82) is 0 Å². The van der Waals surface area contributed by atoms with Gasteiger partial charge in [-0.1, -0.05) is 0 Å². The molecule has 2 fully saturated rings. The van der Waals surface area contributed by atoms with Crippen LogP contribution >= 0.6 is 0 Å². The third-order valence-corrected chi connectivity index (χ3v) is 6.72. The predicted molar refractivity (Wildman–Crippen MR) is 102 cm³/mol. The van der Waals surface area contributed by atoms with E-state index in [-0.39, 0.29) is 25.1 Å². The Morgan fingerprint density at radius 3 is 2.24 bits per heavy atom. The van der Waals surface area contributed by atoms with Crippen molar-refractivity contribution in [1.82, 2.24) is 14.5 Å². The molecular weight excluding hydrogens is 404 g/mol. The Morgan fingerprint density at radius 2 is 1.69 bits per heavy atom. The van der Waals surface area contributed by atoms with Gasteiger partial charge in [-0.2, -0.15) is 0 Å². The number of carbonyl (C=O) groups is 4. The van der Waals surface area contributed by atoms with Gasteiger partial charge in [-0.15, -0.1) is 0 Å². The Morgan fingerprint density at radius 1 is 1.10 bits per heavy atom. The van der Waals surface area contributed by atoms with Gasteiger partial charge in [0.25, 0.3) is 0 Å². The highest BCUT2D eigenvalue weighted by Gasteiger charge is 2.43. The SMILES string of the molecule is CCS(=O)(=O)N[C@@H](CCC(N)=O)C(=O)N1CCC[C@H]1C(=O)N1CCC[C@H]1C(=O)O. The molecule has 11 nitrogen and oxygen atoms in total. The lowest BCUT2D eigenvalue weighted by Crippen LogP contribution is -2.55. The Balaban J connectivity index is 2.19. The molecule has 0 saturated carbocycles. The first-order valence-corrected chi connectivity index (χ1v) is 11.3. The normalized spacial score (nSPS) is 23.2. The molecule has 3 amide bonds. The molecule has 0 unspecified atom stereocenters. The second-order valence-corrected chi connectivity index (χ2v) is 9.34. The zero-order valence-corrected chi connectivity index (χ0v) is 17.2. The van der Waals surface area contributed by atoms with Gasteiger partial charge in [0, 0.05) is 19.5 Å². The van der Waals surface area contributed by atoms with Crippen LogP contribution in [0.25, 0.3) is 0 Å². The van der Waals surface area contributed by atoms with Crippen LogP contribution in [-0.2, 0) is 29.2 Å². The monoisotopic (exact) mass is 432 g/mol. The van der Waals surface area contributed by atoms with E-state index < -0.39 is 51.8 Å². The number of nitrogens with zero attached hydrogens (tertiary/aromatic N) is 2. The third-order valence-electron chi connectivity index (χ3n) is 5.32. The summed E-state index contributed by atoms with van der Waals surface area (Å²) in [5.41, 5.74) is 5.14. The molecule has 3 atom stereocenters. The van der Waals surface area contributed by atoms with Crippen LogP contribution in [0.1, 0.15) is 45.4 Å². The number of carbonyl (C=O) groups excluding carboxylic acids is 3. The average Bonchev–Trinajstić information content (AvgIpc) is 3.33. The van der Waals surface area contributed by atoms with E-state index in [9.17, 15) is 32.7 Å². The molecule has 2 aliphatic rings. The quantitative estimate of drug-likeness (QED) is 0.404.